The van der Waals surface area contributed by atoms with Crippen LogP contribution in [0.25, 0.3) is 11.1 Å². The van der Waals surface area contributed by atoms with Gasteiger partial charge in [-0.15, -0.1) is 0 Å². The number of nitrogens with one attached hydrogen (secondary N) is 1. The van der Waals surface area contributed by atoms with E-state index >= 15 is 0 Å². The molecule has 42 heavy (non-hydrogen) atoms. The van der Waals surface area contributed by atoms with Gasteiger partial charge in [0.15, 0.2) is 0 Å². The summed E-state index contributed by atoms with van der Waals surface area (Å²) in [6, 6.07) is 18.9. The van der Waals surface area contributed by atoms with E-state index < -0.39 is 35.4 Å². The van der Waals surface area contributed by atoms with E-state index in [-0.39, 0.29) is 5.75 Å². The van der Waals surface area contributed by atoms with Gasteiger partial charge in [-0.3, -0.25) is 0 Å². The fourth-order valence-electron chi connectivity index (χ4n) is 4.77. The summed E-state index contributed by atoms with van der Waals surface area (Å²) in [4.78, 5) is 25.6. The van der Waals surface area contributed by atoms with E-state index in [1.807, 2.05) is 47.4 Å². The molecule has 1 atom stereocenters. The van der Waals surface area contributed by atoms with Crippen molar-refractivity contribution in [2.75, 3.05) is 17.2 Å². The normalized spacial score (nSPS) is 14.2. The number of rotatable bonds is 9. The number of aliphatic carboxylic acids is 1. The van der Waals surface area contributed by atoms with E-state index in [0.717, 1.165) is 46.7 Å². The molecule has 3 aromatic carbocycles. The van der Waals surface area contributed by atoms with Gasteiger partial charge in [-0.05, 0) is 79.6 Å². The van der Waals surface area contributed by atoms with Crippen molar-refractivity contribution < 1.29 is 32.6 Å². The molecule has 0 aromatic heterocycles. The van der Waals surface area contributed by atoms with Gasteiger partial charge in [-0.2, -0.15) is 24.9 Å². The molecule has 1 aliphatic rings. The molecule has 6 nitrogen and oxygen atoms in total. The van der Waals surface area contributed by atoms with Crippen LogP contribution in [-0.2, 0) is 34.4 Å². The highest BCUT2D eigenvalue weighted by Crippen LogP contribution is 2.36. The van der Waals surface area contributed by atoms with Crippen LogP contribution in [0.4, 0.5) is 23.7 Å². The molecule has 0 fully saturated rings. The molecule has 0 saturated heterocycles. The van der Waals surface area contributed by atoms with Crippen LogP contribution in [-0.4, -0.2) is 41.1 Å². The lowest BCUT2D eigenvalue weighted by molar-refractivity contribution is -0.139. The number of carbonyl (C=O) groups excluding carboxylic acids is 1. The lowest BCUT2D eigenvalue weighted by atomic mass is 9.98. The summed E-state index contributed by atoms with van der Waals surface area (Å²) in [5.41, 5.74) is 4.25. The first kappa shape index (κ1) is 31.3. The highest BCUT2D eigenvalue weighted by molar-refractivity contribution is 7.98. The van der Waals surface area contributed by atoms with E-state index in [9.17, 15) is 27.9 Å². The number of thioether (sulfide) groups is 1. The molecule has 224 valence electrons. The largest absolute Gasteiger partial charge is 0.480 e. The van der Waals surface area contributed by atoms with Crippen LogP contribution >= 0.6 is 11.8 Å². The molecule has 0 aliphatic carbocycles. The predicted molar refractivity (Wildman–Crippen MR) is 160 cm³/mol. The van der Waals surface area contributed by atoms with Crippen molar-refractivity contribution in [2.45, 2.75) is 63.7 Å². The zero-order valence-corrected chi connectivity index (χ0v) is 24.6. The number of fused-ring (bicyclic) bond motifs is 1. The first-order chi connectivity index (χ1) is 19.8. The number of halogens is 3. The summed E-state index contributed by atoms with van der Waals surface area (Å²) in [6.45, 7) is 6.34. The van der Waals surface area contributed by atoms with Gasteiger partial charge >= 0.3 is 18.2 Å². The Morgan fingerprint density at radius 1 is 1.00 bits per heavy atom. The molecule has 0 spiro atoms. The van der Waals surface area contributed by atoms with Crippen LogP contribution in [0.3, 0.4) is 0 Å². The summed E-state index contributed by atoms with van der Waals surface area (Å²) in [5.74, 6) is -0.381. The Labute approximate surface area is 248 Å². The van der Waals surface area contributed by atoms with Gasteiger partial charge in [0, 0.05) is 30.3 Å². The Kier molecular flexibility index (Phi) is 9.76. The van der Waals surface area contributed by atoms with Crippen LogP contribution in [0.5, 0.6) is 0 Å². The van der Waals surface area contributed by atoms with Gasteiger partial charge in [0.05, 0.1) is 5.56 Å². The fourth-order valence-corrected chi connectivity index (χ4v) is 5.78. The molecule has 3 aromatic rings. The highest BCUT2D eigenvalue weighted by Gasteiger charge is 2.32. The third kappa shape index (κ3) is 8.67. The number of alkyl carbamates (subject to hydrolysis) is 1. The minimum atomic E-state index is -4.38. The van der Waals surface area contributed by atoms with Crippen molar-refractivity contribution in [3.63, 3.8) is 0 Å². The van der Waals surface area contributed by atoms with Gasteiger partial charge in [0.25, 0.3) is 0 Å². The molecule has 10 heteroatoms. The summed E-state index contributed by atoms with van der Waals surface area (Å²) in [7, 11) is 0. The van der Waals surface area contributed by atoms with E-state index in [2.05, 4.69) is 11.4 Å². The lowest BCUT2D eigenvalue weighted by Gasteiger charge is -2.32. The summed E-state index contributed by atoms with van der Waals surface area (Å²) in [5, 5.41) is 11.9. The minimum absolute atomic E-state index is 0.183. The van der Waals surface area contributed by atoms with E-state index in [1.165, 1.54) is 17.8 Å². The van der Waals surface area contributed by atoms with Crippen LogP contribution < -0.4 is 10.2 Å². The summed E-state index contributed by atoms with van der Waals surface area (Å²) >= 11 is 1.40. The quantitative estimate of drug-likeness (QED) is 0.264. The standard InChI is InChI=1S/C32H35F3N2O4S/c1-31(2,3)41-30(40)36-27(29(38)39)20-42-19-21-9-11-23(12-10-21)25-7-4-6-22(16-25)18-37-15-5-8-24-13-14-26(17-28(24)37)32(33,34)35/h4,6-7,9-14,16-17,27H,5,8,15,18-20H2,1-3H3,(H,36,40)(H,38,39). The smallest absolute Gasteiger partial charge is 0.416 e. The van der Waals surface area contributed by atoms with Crippen LogP contribution in [0.1, 0.15) is 49.4 Å². The average molecular weight is 601 g/mol. The first-order valence-electron chi connectivity index (χ1n) is 13.7. The number of carboxylic acids is 1. The van der Waals surface area contributed by atoms with E-state index in [4.69, 9.17) is 4.74 Å². The molecule has 1 unspecified atom stereocenters. The number of nitrogens with zero attached hydrogens (tertiary/aromatic N) is 1. The monoisotopic (exact) mass is 600 g/mol. The number of ether oxygens (including phenoxy) is 1. The van der Waals surface area contributed by atoms with Crippen LogP contribution in [0, 0.1) is 0 Å². The molecule has 0 radical (unpaired) electrons. The number of anilines is 1. The molecule has 1 aliphatic heterocycles. The topological polar surface area (TPSA) is 78.9 Å². The van der Waals surface area contributed by atoms with Gasteiger partial charge < -0.3 is 20.1 Å². The zero-order chi connectivity index (χ0) is 30.5. The zero-order valence-electron chi connectivity index (χ0n) is 23.8. The second-order valence-corrected chi connectivity index (χ2v) is 12.3. The minimum Gasteiger partial charge on any atom is -0.480 e. The van der Waals surface area contributed by atoms with Crippen molar-refractivity contribution in [3.05, 3.63) is 89.0 Å². The van der Waals surface area contributed by atoms with Gasteiger partial charge in [-0.25, -0.2) is 9.59 Å². The third-order valence-corrected chi connectivity index (χ3v) is 7.86. The van der Waals surface area contributed by atoms with Gasteiger partial charge in [0.1, 0.15) is 11.6 Å². The number of carboxylic acid groups (broad SMARTS) is 1. The Morgan fingerprint density at radius 3 is 2.40 bits per heavy atom. The van der Waals surface area contributed by atoms with Crippen molar-refractivity contribution >= 4 is 29.5 Å². The molecular formula is C32H35F3N2O4S. The lowest BCUT2D eigenvalue weighted by Crippen LogP contribution is -2.44. The van der Waals surface area contributed by atoms with Crippen LogP contribution in [0.2, 0.25) is 0 Å². The Bertz CT molecular complexity index is 1400. The molecule has 4 rings (SSSR count). The second-order valence-electron chi connectivity index (χ2n) is 11.3. The maximum absolute atomic E-state index is 13.3. The predicted octanol–water partition coefficient (Wildman–Crippen LogP) is 7.54. The van der Waals surface area contributed by atoms with Gasteiger partial charge in [0.2, 0.25) is 0 Å². The maximum Gasteiger partial charge on any atom is 0.416 e. The SMILES string of the molecule is CC(C)(C)OC(=O)NC(CSCc1ccc(-c2cccc(CN3CCCc4ccc(C(F)(F)F)cc43)c2)cc1)C(=O)O. The Morgan fingerprint density at radius 2 is 1.74 bits per heavy atom. The maximum atomic E-state index is 13.3. The number of hydrogen-bond donors (Lipinski definition) is 2. The first-order valence-corrected chi connectivity index (χ1v) is 14.9. The molecule has 2 N–H and O–H groups in total. The Hall–Kier alpha value is -3.66. The fraction of sp³-hybridized carbons (Fsp3) is 0.375. The third-order valence-electron chi connectivity index (χ3n) is 6.76. The van der Waals surface area contributed by atoms with E-state index in [1.54, 1.807) is 26.8 Å². The van der Waals surface area contributed by atoms with Gasteiger partial charge in [-0.1, -0.05) is 48.5 Å². The average Bonchev–Trinajstić information content (AvgIpc) is 2.91. The van der Waals surface area contributed by atoms with Crippen molar-refractivity contribution in [1.29, 1.82) is 0 Å². The number of amides is 1. The highest BCUT2D eigenvalue weighted by atomic mass is 32.2. The molecular weight excluding hydrogens is 565 g/mol. The van der Waals surface area contributed by atoms with Crippen LogP contribution in [0.15, 0.2) is 66.7 Å². The number of alkyl halides is 3. The number of benzene rings is 3. The molecule has 1 heterocycles. The number of hydrogen-bond acceptors (Lipinski definition) is 5. The Balaban J connectivity index is 1.37. The van der Waals surface area contributed by atoms with Crippen molar-refractivity contribution in [1.82, 2.24) is 5.32 Å². The summed E-state index contributed by atoms with van der Waals surface area (Å²) < 4.78 is 45.2. The number of aryl methyl sites for hydroxylation is 1. The summed E-state index contributed by atoms with van der Waals surface area (Å²) in [6.07, 6.45) is -3.48. The number of carbonyl (C=O) groups is 2. The van der Waals surface area contributed by atoms with E-state index in [0.29, 0.717) is 24.5 Å². The molecule has 0 saturated carbocycles. The van der Waals surface area contributed by atoms with Crippen molar-refractivity contribution in [2.24, 2.45) is 0 Å². The van der Waals surface area contributed by atoms with Crippen molar-refractivity contribution in [3.8, 4) is 11.1 Å². The molecule has 0 bridgehead atoms. The molecule has 1 amide bonds. The second kappa shape index (κ2) is 13.1.